The number of hydrogen-bond acceptors (Lipinski definition) is 4. The molecule has 86 valence electrons. The van der Waals surface area contributed by atoms with Gasteiger partial charge in [-0.1, -0.05) is 17.4 Å². The van der Waals surface area contributed by atoms with Gasteiger partial charge in [-0.25, -0.2) is 9.97 Å². The van der Waals surface area contributed by atoms with Gasteiger partial charge in [0.05, 0.1) is 4.88 Å². The monoisotopic (exact) mass is 244 g/mol. The molecule has 3 heterocycles. The molecule has 0 saturated heterocycles. The van der Waals surface area contributed by atoms with E-state index in [4.69, 9.17) is 0 Å². The summed E-state index contributed by atoms with van der Waals surface area (Å²) in [4.78, 5) is 9.96. The highest BCUT2D eigenvalue weighted by Gasteiger charge is 2.07. The molecule has 0 aliphatic heterocycles. The van der Waals surface area contributed by atoms with E-state index in [1.807, 2.05) is 41.2 Å². The van der Waals surface area contributed by atoms with E-state index < -0.39 is 0 Å². The third-order valence-corrected chi connectivity index (χ3v) is 3.43. The van der Waals surface area contributed by atoms with Crippen molar-refractivity contribution in [3.05, 3.63) is 36.8 Å². The van der Waals surface area contributed by atoms with Gasteiger partial charge in [0.1, 0.15) is 11.3 Å². The molecule has 0 aliphatic carbocycles. The van der Waals surface area contributed by atoms with Crippen molar-refractivity contribution >= 4 is 22.1 Å². The highest BCUT2D eigenvalue weighted by molar-refractivity contribution is 7.18. The number of fused-ring (bicyclic) bond motifs is 1. The Labute approximate surface area is 103 Å². The summed E-state index contributed by atoms with van der Waals surface area (Å²) in [5.74, 6) is 0. The number of nitrogens with one attached hydrogen (secondary N) is 1. The predicted molar refractivity (Wildman–Crippen MR) is 70.5 cm³/mol. The summed E-state index contributed by atoms with van der Waals surface area (Å²) in [7, 11) is 0. The molecule has 0 radical (unpaired) electrons. The molecule has 17 heavy (non-hydrogen) atoms. The first-order valence-corrected chi connectivity index (χ1v) is 6.32. The summed E-state index contributed by atoms with van der Waals surface area (Å²) in [5.41, 5.74) is 1.93. The maximum Gasteiger partial charge on any atom is 0.183 e. The van der Waals surface area contributed by atoms with Crippen LogP contribution < -0.4 is 5.32 Å². The molecule has 0 saturated carbocycles. The first-order chi connectivity index (χ1) is 8.36. The van der Waals surface area contributed by atoms with E-state index in [-0.39, 0.29) is 0 Å². The lowest BCUT2D eigenvalue weighted by Gasteiger charge is -1.92. The molecule has 0 fully saturated rings. The van der Waals surface area contributed by atoms with Gasteiger partial charge in [0.15, 0.2) is 5.13 Å². The van der Waals surface area contributed by atoms with Crippen LogP contribution in [0.25, 0.3) is 16.2 Å². The van der Waals surface area contributed by atoms with Crippen LogP contribution in [0, 0.1) is 0 Å². The minimum Gasteiger partial charge on any atom is -0.362 e. The Morgan fingerprint density at radius 1 is 1.41 bits per heavy atom. The fourth-order valence-corrected chi connectivity index (χ4v) is 2.52. The maximum absolute atomic E-state index is 4.56. The topological polar surface area (TPSA) is 42.2 Å². The van der Waals surface area contributed by atoms with E-state index in [1.54, 1.807) is 11.3 Å². The second-order valence-corrected chi connectivity index (χ2v) is 4.68. The van der Waals surface area contributed by atoms with Gasteiger partial charge in [0.25, 0.3) is 0 Å². The third kappa shape index (κ3) is 1.89. The van der Waals surface area contributed by atoms with Gasteiger partial charge >= 0.3 is 0 Å². The molecule has 1 N–H and O–H groups in total. The Kier molecular flexibility index (Phi) is 2.53. The summed E-state index contributed by atoms with van der Waals surface area (Å²) in [6.45, 7) is 2.95. The van der Waals surface area contributed by atoms with Gasteiger partial charge in [-0.2, -0.15) is 0 Å². The van der Waals surface area contributed by atoms with Crippen LogP contribution in [0.15, 0.2) is 36.8 Å². The van der Waals surface area contributed by atoms with E-state index >= 15 is 0 Å². The Morgan fingerprint density at radius 3 is 3.18 bits per heavy atom. The Balaban J connectivity index is 2.01. The Hall–Kier alpha value is -1.88. The first-order valence-electron chi connectivity index (χ1n) is 5.50. The van der Waals surface area contributed by atoms with Crippen molar-refractivity contribution in [1.29, 1.82) is 0 Å². The SMILES string of the molecule is CCNc1ncc(-c2cn3ccccc3n2)s1. The van der Waals surface area contributed by atoms with E-state index in [2.05, 4.69) is 22.2 Å². The number of pyridine rings is 1. The molecule has 0 aromatic carbocycles. The number of anilines is 1. The largest absolute Gasteiger partial charge is 0.362 e. The molecule has 3 aromatic rings. The minimum atomic E-state index is 0.887. The van der Waals surface area contributed by atoms with Crippen LogP contribution in [0.3, 0.4) is 0 Å². The zero-order valence-corrected chi connectivity index (χ0v) is 10.2. The van der Waals surface area contributed by atoms with Gasteiger partial charge in [-0.05, 0) is 19.1 Å². The van der Waals surface area contributed by atoms with Gasteiger partial charge in [0, 0.05) is 25.1 Å². The quantitative estimate of drug-likeness (QED) is 0.770. The van der Waals surface area contributed by atoms with Crippen molar-refractivity contribution in [3.63, 3.8) is 0 Å². The second kappa shape index (κ2) is 4.18. The number of rotatable bonds is 3. The van der Waals surface area contributed by atoms with E-state index in [1.165, 1.54) is 0 Å². The van der Waals surface area contributed by atoms with E-state index in [9.17, 15) is 0 Å². The van der Waals surface area contributed by atoms with Crippen molar-refractivity contribution in [3.8, 4) is 10.6 Å². The average Bonchev–Trinajstić information content (AvgIpc) is 2.94. The van der Waals surface area contributed by atoms with Crippen molar-refractivity contribution in [1.82, 2.24) is 14.4 Å². The molecular weight excluding hydrogens is 232 g/mol. The summed E-state index contributed by atoms with van der Waals surface area (Å²) in [5, 5.41) is 4.15. The van der Waals surface area contributed by atoms with Crippen molar-refractivity contribution in [2.24, 2.45) is 0 Å². The summed E-state index contributed by atoms with van der Waals surface area (Å²) < 4.78 is 2.02. The van der Waals surface area contributed by atoms with Gasteiger partial charge in [-0.3, -0.25) is 0 Å². The van der Waals surface area contributed by atoms with Crippen LogP contribution in [-0.4, -0.2) is 20.9 Å². The second-order valence-electron chi connectivity index (χ2n) is 3.65. The van der Waals surface area contributed by atoms with Crippen LogP contribution in [0.5, 0.6) is 0 Å². The van der Waals surface area contributed by atoms with Gasteiger partial charge in [-0.15, -0.1) is 0 Å². The molecule has 5 heteroatoms. The molecule has 0 bridgehead atoms. The van der Waals surface area contributed by atoms with Crippen LogP contribution in [0.4, 0.5) is 5.13 Å². The number of nitrogens with zero attached hydrogens (tertiary/aromatic N) is 3. The minimum absolute atomic E-state index is 0.887. The zero-order chi connectivity index (χ0) is 11.7. The van der Waals surface area contributed by atoms with Crippen molar-refractivity contribution in [2.45, 2.75) is 6.92 Å². The summed E-state index contributed by atoms with van der Waals surface area (Å²) >= 11 is 1.63. The molecular formula is C12H12N4S. The third-order valence-electron chi connectivity index (χ3n) is 2.45. The highest BCUT2D eigenvalue weighted by atomic mass is 32.1. The summed E-state index contributed by atoms with van der Waals surface area (Å²) in [6, 6.07) is 5.98. The zero-order valence-electron chi connectivity index (χ0n) is 9.42. The van der Waals surface area contributed by atoms with Crippen LogP contribution in [0.1, 0.15) is 6.92 Å². The lowest BCUT2D eigenvalue weighted by molar-refractivity contribution is 1.19. The van der Waals surface area contributed by atoms with Crippen LogP contribution >= 0.6 is 11.3 Å². The lowest BCUT2D eigenvalue weighted by Crippen LogP contribution is -1.94. The molecule has 0 amide bonds. The van der Waals surface area contributed by atoms with E-state index in [0.717, 1.165) is 27.9 Å². The number of thiazole rings is 1. The molecule has 0 unspecified atom stereocenters. The van der Waals surface area contributed by atoms with Crippen molar-refractivity contribution < 1.29 is 0 Å². The average molecular weight is 244 g/mol. The lowest BCUT2D eigenvalue weighted by atomic mass is 10.4. The fourth-order valence-electron chi connectivity index (χ4n) is 1.68. The number of hydrogen-bond donors (Lipinski definition) is 1. The fraction of sp³-hybridized carbons (Fsp3) is 0.167. The standard InChI is InChI=1S/C12H12N4S/c1-2-13-12-14-7-10(17-12)9-8-16-6-4-3-5-11(16)15-9/h3-8H,2H2,1H3,(H,13,14). The normalized spacial score (nSPS) is 10.9. The van der Waals surface area contributed by atoms with E-state index in [0.29, 0.717) is 0 Å². The molecule has 0 atom stereocenters. The Bertz CT molecular complexity index is 608. The van der Waals surface area contributed by atoms with Gasteiger partial charge in [0.2, 0.25) is 0 Å². The molecule has 0 aliphatic rings. The Morgan fingerprint density at radius 2 is 2.35 bits per heavy atom. The molecule has 0 spiro atoms. The number of imidazole rings is 1. The molecule has 3 aromatic heterocycles. The highest BCUT2D eigenvalue weighted by Crippen LogP contribution is 2.28. The molecule has 3 rings (SSSR count). The van der Waals surface area contributed by atoms with Crippen LogP contribution in [0.2, 0.25) is 0 Å². The van der Waals surface area contributed by atoms with Crippen LogP contribution in [-0.2, 0) is 0 Å². The predicted octanol–water partition coefficient (Wildman–Crippen LogP) is 2.89. The molecule has 4 nitrogen and oxygen atoms in total. The maximum atomic E-state index is 4.56. The van der Waals surface area contributed by atoms with Crippen molar-refractivity contribution in [2.75, 3.05) is 11.9 Å². The van der Waals surface area contributed by atoms with Gasteiger partial charge < -0.3 is 9.72 Å². The summed E-state index contributed by atoms with van der Waals surface area (Å²) in [6.07, 6.45) is 5.89. The number of aromatic nitrogens is 3. The first kappa shape index (κ1) is 10.3. The smallest absolute Gasteiger partial charge is 0.183 e.